The number of nitrogens with one attached hydrogen (secondary N) is 1. The van der Waals surface area contributed by atoms with Crippen LogP contribution in [-0.2, 0) is 20.8 Å². The molecule has 3 amide bonds. The molecule has 5 N–H and O–H groups in total. The maximum Gasteiger partial charge on any atom is 0.422 e. The van der Waals surface area contributed by atoms with E-state index < -0.39 is 36.5 Å². The largest absolute Gasteiger partial charge is 0.493 e. The van der Waals surface area contributed by atoms with Crippen LogP contribution in [0.3, 0.4) is 0 Å². The van der Waals surface area contributed by atoms with Gasteiger partial charge in [-0.3, -0.25) is 14.4 Å². The van der Waals surface area contributed by atoms with Crippen LogP contribution in [0.5, 0.6) is 11.5 Å². The summed E-state index contributed by atoms with van der Waals surface area (Å²) in [5.74, 6) is -2.85. The number of amides is 3. The number of benzene rings is 1. The smallest absolute Gasteiger partial charge is 0.422 e. The molecule has 0 aliphatic rings. The Bertz CT molecular complexity index is 665. The van der Waals surface area contributed by atoms with Crippen molar-refractivity contribution in [2.45, 2.75) is 25.1 Å². The van der Waals surface area contributed by atoms with E-state index in [1.54, 1.807) is 0 Å². The second-order valence-corrected chi connectivity index (χ2v) is 5.19. The molecule has 11 heteroatoms. The first-order chi connectivity index (χ1) is 12.0. The number of ether oxygens (including phenoxy) is 2. The quantitative estimate of drug-likeness (QED) is 0.522. The monoisotopic (exact) mass is 377 g/mol. The summed E-state index contributed by atoms with van der Waals surface area (Å²) in [4.78, 5) is 33.8. The van der Waals surface area contributed by atoms with E-state index in [-0.39, 0.29) is 24.3 Å². The molecule has 0 aliphatic heterocycles. The topological polar surface area (TPSA) is 134 Å². The molecule has 0 spiro atoms. The summed E-state index contributed by atoms with van der Waals surface area (Å²) in [6, 6.07) is 2.54. The van der Waals surface area contributed by atoms with Crippen molar-refractivity contribution in [2.24, 2.45) is 11.5 Å². The first kappa shape index (κ1) is 21.1. The van der Waals surface area contributed by atoms with Crippen LogP contribution >= 0.6 is 0 Å². The van der Waals surface area contributed by atoms with E-state index in [1.165, 1.54) is 25.3 Å². The highest BCUT2D eigenvalue weighted by molar-refractivity contribution is 6.05. The molecule has 8 nitrogen and oxygen atoms in total. The van der Waals surface area contributed by atoms with Crippen molar-refractivity contribution in [3.63, 3.8) is 0 Å². The summed E-state index contributed by atoms with van der Waals surface area (Å²) in [5.41, 5.74) is 10.4. The summed E-state index contributed by atoms with van der Waals surface area (Å²) in [6.07, 6.45) is -4.45. The molecule has 1 rings (SSSR count). The van der Waals surface area contributed by atoms with Gasteiger partial charge in [0.15, 0.2) is 24.1 Å². The lowest BCUT2D eigenvalue weighted by Gasteiger charge is -2.14. The minimum absolute atomic E-state index is 0.0688. The summed E-state index contributed by atoms with van der Waals surface area (Å²) >= 11 is 0. The zero-order chi connectivity index (χ0) is 19.9. The minimum Gasteiger partial charge on any atom is -0.493 e. The van der Waals surface area contributed by atoms with Gasteiger partial charge >= 0.3 is 6.18 Å². The van der Waals surface area contributed by atoms with Crippen LogP contribution in [-0.4, -0.2) is 43.7 Å². The molecule has 0 unspecified atom stereocenters. The lowest BCUT2D eigenvalue weighted by atomic mass is 10.1. The molecule has 0 aromatic heterocycles. The van der Waals surface area contributed by atoms with E-state index in [2.05, 4.69) is 10.1 Å². The van der Waals surface area contributed by atoms with Crippen molar-refractivity contribution in [3.05, 3.63) is 23.8 Å². The lowest BCUT2D eigenvalue weighted by molar-refractivity contribution is -0.153. The molecule has 1 aromatic carbocycles. The fraction of sp³-hybridized carbons (Fsp3) is 0.400. The first-order valence-electron chi connectivity index (χ1n) is 7.28. The SMILES string of the molecule is COc1cc(CCC(=O)NC(C(N)=O)C(N)=O)ccc1OCC(F)(F)F. The van der Waals surface area contributed by atoms with Gasteiger partial charge in [-0.1, -0.05) is 6.07 Å². The number of carbonyl (C=O) groups excluding carboxylic acids is 3. The maximum atomic E-state index is 12.2. The molecule has 1 aromatic rings. The Hall–Kier alpha value is -2.98. The molecule has 0 radical (unpaired) electrons. The van der Waals surface area contributed by atoms with Crippen molar-refractivity contribution < 1.29 is 37.0 Å². The highest BCUT2D eigenvalue weighted by Gasteiger charge is 2.29. The Kier molecular flexibility index (Phi) is 7.23. The summed E-state index contributed by atoms with van der Waals surface area (Å²) in [7, 11) is 1.26. The number of halogens is 3. The van der Waals surface area contributed by atoms with Crippen LogP contribution in [0.2, 0.25) is 0 Å². The van der Waals surface area contributed by atoms with Gasteiger partial charge in [0, 0.05) is 6.42 Å². The van der Waals surface area contributed by atoms with Crippen LogP contribution < -0.4 is 26.3 Å². The molecule has 26 heavy (non-hydrogen) atoms. The van der Waals surface area contributed by atoms with Gasteiger partial charge in [0.1, 0.15) is 0 Å². The highest BCUT2D eigenvalue weighted by atomic mass is 19.4. The Morgan fingerprint density at radius 1 is 1.15 bits per heavy atom. The molecule has 0 atom stereocenters. The zero-order valence-corrected chi connectivity index (χ0v) is 13.8. The molecule has 0 bridgehead atoms. The van der Waals surface area contributed by atoms with Crippen LogP contribution in [0.1, 0.15) is 12.0 Å². The number of carbonyl (C=O) groups is 3. The molecule has 0 heterocycles. The number of aryl methyl sites for hydroxylation is 1. The molecule has 144 valence electrons. The molecule has 0 saturated heterocycles. The maximum absolute atomic E-state index is 12.2. The van der Waals surface area contributed by atoms with Crippen LogP contribution in [0.4, 0.5) is 13.2 Å². The molecular weight excluding hydrogens is 359 g/mol. The average Bonchev–Trinajstić information content (AvgIpc) is 2.54. The number of hydrogen-bond donors (Lipinski definition) is 3. The third-order valence-electron chi connectivity index (χ3n) is 3.13. The van der Waals surface area contributed by atoms with E-state index in [9.17, 15) is 27.6 Å². The number of rotatable bonds is 9. The van der Waals surface area contributed by atoms with E-state index in [1.807, 2.05) is 0 Å². The van der Waals surface area contributed by atoms with Crippen molar-refractivity contribution in [1.82, 2.24) is 5.32 Å². The van der Waals surface area contributed by atoms with E-state index in [4.69, 9.17) is 16.2 Å². The second kappa shape index (κ2) is 8.92. The number of methoxy groups -OCH3 is 1. The van der Waals surface area contributed by atoms with E-state index in [0.29, 0.717) is 5.56 Å². The predicted octanol–water partition coefficient (Wildman–Crippen LogP) is 0.0243. The van der Waals surface area contributed by atoms with Gasteiger partial charge in [0.25, 0.3) is 0 Å². The third kappa shape index (κ3) is 6.87. The van der Waals surface area contributed by atoms with Crippen LogP contribution in [0.15, 0.2) is 18.2 Å². The van der Waals surface area contributed by atoms with Gasteiger partial charge in [0.05, 0.1) is 7.11 Å². The second-order valence-electron chi connectivity index (χ2n) is 5.19. The highest BCUT2D eigenvalue weighted by Crippen LogP contribution is 2.30. The van der Waals surface area contributed by atoms with Gasteiger partial charge < -0.3 is 26.3 Å². The van der Waals surface area contributed by atoms with Gasteiger partial charge in [-0.25, -0.2) is 0 Å². The van der Waals surface area contributed by atoms with Gasteiger partial charge in [-0.2, -0.15) is 13.2 Å². The number of primary amides is 2. The zero-order valence-electron chi connectivity index (χ0n) is 13.8. The van der Waals surface area contributed by atoms with Crippen LogP contribution in [0.25, 0.3) is 0 Å². The Balaban J connectivity index is 2.69. The summed E-state index contributed by atoms with van der Waals surface area (Å²) < 4.78 is 46.2. The normalized spacial score (nSPS) is 11.1. The van der Waals surface area contributed by atoms with Crippen molar-refractivity contribution in [3.8, 4) is 11.5 Å². The third-order valence-corrected chi connectivity index (χ3v) is 3.13. The Morgan fingerprint density at radius 3 is 2.27 bits per heavy atom. The first-order valence-corrected chi connectivity index (χ1v) is 7.28. The molecule has 0 fully saturated rings. The number of alkyl halides is 3. The summed E-state index contributed by atoms with van der Waals surface area (Å²) in [5, 5.41) is 2.09. The number of nitrogens with two attached hydrogens (primary N) is 2. The Morgan fingerprint density at radius 2 is 1.77 bits per heavy atom. The fourth-order valence-electron chi connectivity index (χ4n) is 1.92. The minimum atomic E-state index is -4.49. The molecular formula is C15H18F3N3O5. The lowest BCUT2D eigenvalue weighted by Crippen LogP contribution is -2.52. The van der Waals surface area contributed by atoms with Gasteiger partial charge in [-0.15, -0.1) is 0 Å². The van der Waals surface area contributed by atoms with Crippen molar-refractivity contribution in [1.29, 1.82) is 0 Å². The standard InChI is InChI=1S/C15H18F3N3O5/c1-25-10-6-8(2-4-9(10)26-7-15(16,17)18)3-5-11(22)21-12(13(19)23)14(20)24/h2,4,6,12H,3,5,7H2,1H3,(H2,19,23)(H2,20,24)(H,21,22). The van der Waals surface area contributed by atoms with Crippen molar-refractivity contribution in [2.75, 3.05) is 13.7 Å². The number of hydrogen-bond acceptors (Lipinski definition) is 5. The predicted molar refractivity (Wildman–Crippen MR) is 83.2 cm³/mol. The van der Waals surface area contributed by atoms with Gasteiger partial charge in [0.2, 0.25) is 17.7 Å². The van der Waals surface area contributed by atoms with Gasteiger partial charge in [-0.05, 0) is 24.1 Å². The van der Waals surface area contributed by atoms with E-state index >= 15 is 0 Å². The average molecular weight is 377 g/mol. The summed E-state index contributed by atoms with van der Waals surface area (Å²) in [6.45, 7) is -1.47. The fourth-order valence-corrected chi connectivity index (χ4v) is 1.92. The van der Waals surface area contributed by atoms with E-state index in [0.717, 1.165) is 0 Å². The molecule has 0 saturated carbocycles. The Labute approximate surface area is 146 Å². The van der Waals surface area contributed by atoms with Crippen molar-refractivity contribution >= 4 is 17.7 Å². The molecule has 0 aliphatic carbocycles. The van der Waals surface area contributed by atoms with Crippen LogP contribution in [0, 0.1) is 0 Å².